The molecule has 1 N–H and O–H groups in total. The summed E-state index contributed by atoms with van der Waals surface area (Å²) in [6, 6.07) is 1.83. The lowest BCUT2D eigenvalue weighted by Crippen LogP contribution is -2.32. The number of nitrogens with one attached hydrogen (secondary N) is 1. The second-order valence-corrected chi connectivity index (χ2v) is 6.03. The highest BCUT2D eigenvalue weighted by Crippen LogP contribution is 2.37. The molecule has 0 spiro atoms. The number of amides is 1. The molecule has 1 aromatic heterocycles. The molecule has 1 amide bonds. The molecule has 1 aliphatic heterocycles. The highest BCUT2D eigenvalue weighted by Gasteiger charge is 2.37. The number of pyridine rings is 1. The molecule has 1 aliphatic rings. The van der Waals surface area contributed by atoms with Gasteiger partial charge in [0, 0.05) is 25.8 Å². The van der Waals surface area contributed by atoms with Crippen LogP contribution in [0.5, 0.6) is 0 Å². The summed E-state index contributed by atoms with van der Waals surface area (Å²) in [6.07, 6.45) is 7.89. The van der Waals surface area contributed by atoms with Gasteiger partial charge >= 0.3 is 0 Å². The quantitative estimate of drug-likeness (QED) is 0.871. The summed E-state index contributed by atoms with van der Waals surface area (Å²) < 4.78 is 0. The lowest BCUT2D eigenvalue weighted by Gasteiger charge is -2.26. The molecule has 4 nitrogen and oxygen atoms in total. The first-order valence-corrected chi connectivity index (χ1v) is 8.13. The van der Waals surface area contributed by atoms with Crippen LogP contribution in [0.1, 0.15) is 56.8 Å². The van der Waals surface area contributed by atoms with Gasteiger partial charge in [0.05, 0.1) is 17.4 Å². The summed E-state index contributed by atoms with van der Waals surface area (Å²) in [6.45, 7) is 9.20. The fourth-order valence-electron chi connectivity index (χ4n) is 3.09. The molecule has 116 valence electrons. The molecule has 0 radical (unpaired) electrons. The summed E-state index contributed by atoms with van der Waals surface area (Å²) in [7, 11) is 0. The summed E-state index contributed by atoms with van der Waals surface area (Å²) in [5.74, 6) is 0.139. The van der Waals surface area contributed by atoms with Crippen LogP contribution in [0.3, 0.4) is 0 Å². The SMILES string of the molecule is CCCNc1cnccc1C(=O)N1CCC(CC)(CC)C1. The Morgan fingerprint density at radius 1 is 1.38 bits per heavy atom. The Morgan fingerprint density at radius 3 is 2.76 bits per heavy atom. The van der Waals surface area contributed by atoms with Crippen molar-refractivity contribution in [2.45, 2.75) is 46.5 Å². The summed E-state index contributed by atoms with van der Waals surface area (Å²) >= 11 is 0. The van der Waals surface area contributed by atoms with E-state index in [1.807, 2.05) is 11.0 Å². The van der Waals surface area contributed by atoms with Crippen molar-refractivity contribution in [1.29, 1.82) is 0 Å². The van der Waals surface area contributed by atoms with Gasteiger partial charge in [0.2, 0.25) is 0 Å². The zero-order chi connectivity index (χ0) is 15.3. The van der Waals surface area contributed by atoms with Gasteiger partial charge in [0.15, 0.2) is 0 Å². The Hall–Kier alpha value is -1.58. The van der Waals surface area contributed by atoms with E-state index in [2.05, 4.69) is 31.1 Å². The van der Waals surface area contributed by atoms with E-state index in [4.69, 9.17) is 0 Å². The lowest BCUT2D eigenvalue weighted by atomic mass is 9.82. The number of rotatable bonds is 6. The van der Waals surface area contributed by atoms with Gasteiger partial charge in [-0.3, -0.25) is 9.78 Å². The Morgan fingerprint density at radius 2 is 2.14 bits per heavy atom. The van der Waals surface area contributed by atoms with Crippen LogP contribution in [-0.4, -0.2) is 35.4 Å². The molecule has 0 unspecified atom stereocenters. The van der Waals surface area contributed by atoms with E-state index in [0.29, 0.717) is 5.41 Å². The van der Waals surface area contributed by atoms with Gasteiger partial charge in [-0.25, -0.2) is 0 Å². The molecular weight excluding hydrogens is 262 g/mol. The van der Waals surface area contributed by atoms with Crippen LogP contribution in [0.4, 0.5) is 5.69 Å². The Kier molecular flexibility index (Phi) is 5.21. The molecule has 1 aromatic rings. The molecule has 2 rings (SSSR count). The third-order valence-corrected chi connectivity index (χ3v) is 4.84. The molecule has 0 bridgehead atoms. The van der Waals surface area contributed by atoms with Crippen molar-refractivity contribution < 1.29 is 4.79 Å². The fraction of sp³-hybridized carbons (Fsp3) is 0.647. The molecule has 4 heteroatoms. The van der Waals surface area contributed by atoms with Crippen molar-refractivity contribution >= 4 is 11.6 Å². The molecule has 0 aromatic carbocycles. The minimum Gasteiger partial charge on any atom is -0.383 e. The lowest BCUT2D eigenvalue weighted by molar-refractivity contribution is 0.0770. The van der Waals surface area contributed by atoms with E-state index in [0.717, 1.165) is 56.6 Å². The highest BCUT2D eigenvalue weighted by molar-refractivity contribution is 5.99. The first-order chi connectivity index (χ1) is 10.2. The highest BCUT2D eigenvalue weighted by atomic mass is 16.2. The summed E-state index contributed by atoms with van der Waals surface area (Å²) in [5.41, 5.74) is 1.93. The third kappa shape index (κ3) is 3.36. The van der Waals surface area contributed by atoms with Crippen molar-refractivity contribution in [2.75, 3.05) is 25.0 Å². The van der Waals surface area contributed by atoms with Crippen LogP contribution in [0.2, 0.25) is 0 Å². The number of anilines is 1. The zero-order valence-electron chi connectivity index (χ0n) is 13.5. The van der Waals surface area contributed by atoms with E-state index in [1.54, 1.807) is 12.4 Å². The normalized spacial score (nSPS) is 17.0. The minimum absolute atomic E-state index is 0.139. The van der Waals surface area contributed by atoms with Gasteiger partial charge in [0.25, 0.3) is 5.91 Å². The van der Waals surface area contributed by atoms with E-state index in [1.165, 1.54) is 0 Å². The first kappa shape index (κ1) is 15.8. The number of likely N-dealkylation sites (tertiary alicyclic amines) is 1. The number of nitrogens with zero attached hydrogens (tertiary/aromatic N) is 2. The monoisotopic (exact) mass is 289 g/mol. The van der Waals surface area contributed by atoms with Crippen LogP contribution in [-0.2, 0) is 0 Å². The predicted octanol–water partition coefficient (Wildman–Crippen LogP) is 3.56. The molecule has 0 saturated carbocycles. The van der Waals surface area contributed by atoms with E-state index < -0.39 is 0 Å². The third-order valence-electron chi connectivity index (χ3n) is 4.84. The Labute approximate surface area is 127 Å². The van der Waals surface area contributed by atoms with Gasteiger partial charge in [-0.1, -0.05) is 20.8 Å². The van der Waals surface area contributed by atoms with Crippen LogP contribution in [0.25, 0.3) is 0 Å². The van der Waals surface area contributed by atoms with Crippen molar-refractivity contribution in [3.8, 4) is 0 Å². The summed E-state index contributed by atoms with van der Waals surface area (Å²) in [5, 5.41) is 3.31. The van der Waals surface area contributed by atoms with Crippen LogP contribution in [0, 0.1) is 5.41 Å². The molecule has 1 saturated heterocycles. The second kappa shape index (κ2) is 6.92. The maximum absolute atomic E-state index is 12.8. The van der Waals surface area contributed by atoms with Gasteiger partial charge in [-0.2, -0.15) is 0 Å². The van der Waals surface area contributed by atoms with E-state index >= 15 is 0 Å². The molecule has 0 aliphatic carbocycles. The largest absolute Gasteiger partial charge is 0.383 e. The minimum atomic E-state index is 0.139. The van der Waals surface area contributed by atoms with E-state index in [9.17, 15) is 4.79 Å². The number of hydrogen-bond donors (Lipinski definition) is 1. The topological polar surface area (TPSA) is 45.2 Å². The number of carbonyl (C=O) groups is 1. The Balaban J connectivity index is 2.14. The molecule has 0 atom stereocenters. The van der Waals surface area contributed by atoms with Crippen LogP contribution >= 0.6 is 0 Å². The second-order valence-electron chi connectivity index (χ2n) is 6.03. The summed E-state index contributed by atoms with van der Waals surface area (Å²) in [4.78, 5) is 19.0. The maximum atomic E-state index is 12.8. The molecule has 21 heavy (non-hydrogen) atoms. The van der Waals surface area contributed by atoms with Gasteiger partial charge in [-0.15, -0.1) is 0 Å². The zero-order valence-corrected chi connectivity index (χ0v) is 13.5. The standard InChI is InChI=1S/C17H27N3O/c1-4-9-19-15-12-18-10-7-14(15)16(21)20-11-8-17(5-2,6-3)13-20/h7,10,12,19H,4-6,8-9,11,13H2,1-3H3. The number of carbonyl (C=O) groups excluding carboxylic acids is 1. The van der Waals surface area contributed by atoms with Crippen LogP contribution in [0.15, 0.2) is 18.5 Å². The fourth-order valence-corrected chi connectivity index (χ4v) is 3.09. The van der Waals surface area contributed by atoms with Crippen molar-refractivity contribution in [2.24, 2.45) is 5.41 Å². The Bertz CT molecular complexity index is 483. The molecular formula is C17H27N3O. The van der Waals surface area contributed by atoms with Gasteiger partial charge in [-0.05, 0) is 37.2 Å². The van der Waals surface area contributed by atoms with Crippen molar-refractivity contribution in [1.82, 2.24) is 9.88 Å². The van der Waals surface area contributed by atoms with Crippen molar-refractivity contribution in [3.05, 3.63) is 24.0 Å². The number of aromatic nitrogens is 1. The average molecular weight is 289 g/mol. The smallest absolute Gasteiger partial charge is 0.256 e. The molecule has 1 fully saturated rings. The molecule has 2 heterocycles. The predicted molar refractivity (Wildman–Crippen MR) is 86.6 cm³/mol. The van der Waals surface area contributed by atoms with Crippen molar-refractivity contribution in [3.63, 3.8) is 0 Å². The first-order valence-electron chi connectivity index (χ1n) is 8.13. The average Bonchev–Trinajstić information content (AvgIpc) is 2.98. The van der Waals surface area contributed by atoms with Crippen LogP contribution < -0.4 is 5.32 Å². The van der Waals surface area contributed by atoms with Gasteiger partial charge in [0.1, 0.15) is 0 Å². The maximum Gasteiger partial charge on any atom is 0.256 e. The number of hydrogen-bond acceptors (Lipinski definition) is 3. The van der Waals surface area contributed by atoms with E-state index in [-0.39, 0.29) is 5.91 Å². The van der Waals surface area contributed by atoms with Gasteiger partial charge < -0.3 is 10.2 Å².